The minimum absolute atomic E-state index is 0.0970. The Kier molecular flexibility index (Phi) is 3.83. The van der Waals surface area contributed by atoms with Crippen LogP contribution in [0.15, 0.2) is 42.7 Å². The van der Waals surface area contributed by atoms with Gasteiger partial charge in [0.05, 0.1) is 16.6 Å². The Balaban J connectivity index is 1.50. The molecule has 0 radical (unpaired) electrons. The van der Waals surface area contributed by atoms with Crippen molar-refractivity contribution in [1.82, 2.24) is 14.8 Å². The first-order valence-corrected chi connectivity index (χ1v) is 8.36. The number of hydrogen-bond acceptors (Lipinski definition) is 5. The van der Waals surface area contributed by atoms with Crippen molar-refractivity contribution in [3.63, 3.8) is 0 Å². The van der Waals surface area contributed by atoms with Crippen LogP contribution in [-0.2, 0) is 13.5 Å². The molecule has 2 aromatic heterocycles. The average molecular weight is 337 g/mol. The van der Waals surface area contributed by atoms with Gasteiger partial charge in [0.15, 0.2) is 0 Å². The molecule has 0 spiro atoms. The minimum Gasteiger partial charge on any atom is -0.356 e. The molecule has 1 aliphatic heterocycles. The largest absolute Gasteiger partial charge is 0.356 e. The van der Waals surface area contributed by atoms with Crippen molar-refractivity contribution in [2.24, 2.45) is 13.0 Å². The van der Waals surface area contributed by atoms with Gasteiger partial charge in [-0.2, -0.15) is 5.10 Å². The Hall–Kier alpha value is -2.96. The quantitative estimate of drug-likeness (QED) is 0.540. The van der Waals surface area contributed by atoms with Crippen LogP contribution in [0, 0.1) is 16.0 Å². The van der Waals surface area contributed by atoms with Gasteiger partial charge in [0.25, 0.3) is 5.69 Å². The van der Waals surface area contributed by atoms with Crippen LogP contribution in [0.2, 0.25) is 0 Å². The summed E-state index contributed by atoms with van der Waals surface area (Å²) < 4.78 is 1.84. The average Bonchev–Trinajstić information content (AvgIpc) is 3.23. The molecule has 0 amide bonds. The van der Waals surface area contributed by atoms with Crippen LogP contribution in [0.1, 0.15) is 12.0 Å². The second-order valence-corrected chi connectivity index (χ2v) is 6.63. The smallest absolute Gasteiger partial charge is 0.270 e. The van der Waals surface area contributed by atoms with Gasteiger partial charge >= 0.3 is 0 Å². The number of nitro groups is 1. The van der Waals surface area contributed by atoms with Crippen molar-refractivity contribution >= 4 is 22.4 Å². The van der Waals surface area contributed by atoms with E-state index in [4.69, 9.17) is 4.98 Å². The fraction of sp³-hybridized carbons (Fsp3) is 0.333. The first kappa shape index (κ1) is 15.6. The molecule has 1 atom stereocenters. The first-order valence-electron chi connectivity index (χ1n) is 8.36. The van der Waals surface area contributed by atoms with Gasteiger partial charge in [-0.3, -0.25) is 14.8 Å². The Bertz CT molecular complexity index is 936. The van der Waals surface area contributed by atoms with Crippen molar-refractivity contribution < 1.29 is 4.92 Å². The number of non-ortho nitro benzene ring substituents is 1. The summed E-state index contributed by atoms with van der Waals surface area (Å²) in [4.78, 5) is 17.5. The highest BCUT2D eigenvalue weighted by atomic mass is 16.6. The normalized spacial score (nSPS) is 17.3. The van der Waals surface area contributed by atoms with Gasteiger partial charge < -0.3 is 4.90 Å². The lowest BCUT2D eigenvalue weighted by atomic mass is 10.0. The summed E-state index contributed by atoms with van der Waals surface area (Å²) in [7, 11) is 1.94. The zero-order valence-corrected chi connectivity index (χ0v) is 14.0. The van der Waals surface area contributed by atoms with Gasteiger partial charge in [-0.25, -0.2) is 4.98 Å². The number of nitro benzene ring substituents is 1. The molecule has 1 aromatic carbocycles. The van der Waals surface area contributed by atoms with E-state index in [1.54, 1.807) is 12.1 Å². The molecule has 0 saturated carbocycles. The van der Waals surface area contributed by atoms with Gasteiger partial charge in [-0.05, 0) is 42.5 Å². The Morgan fingerprint density at radius 3 is 2.96 bits per heavy atom. The van der Waals surface area contributed by atoms with Crippen molar-refractivity contribution in [3.05, 3.63) is 58.4 Å². The van der Waals surface area contributed by atoms with Crippen LogP contribution in [0.5, 0.6) is 0 Å². The highest BCUT2D eigenvalue weighted by Crippen LogP contribution is 2.27. The third-order valence-corrected chi connectivity index (χ3v) is 4.76. The molecule has 1 aliphatic rings. The van der Waals surface area contributed by atoms with Gasteiger partial charge in [0, 0.05) is 43.9 Å². The number of benzene rings is 1. The van der Waals surface area contributed by atoms with Gasteiger partial charge in [0.2, 0.25) is 0 Å². The Morgan fingerprint density at radius 1 is 1.32 bits per heavy atom. The van der Waals surface area contributed by atoms with Crippen molar-refractivity contribution in [1.29, 1.82) is 0 Å². The Labute approximate surface area is 145 Å². The summed E-state index contributed by atoms with van der Waals surface area (Å²) in [5.74, 6) is 1.54. The lowest BCUT2D eigenvalue weighted by Crippen LogP contribution is -2.21. The zero-order chi connectivity index (χ0) is 17.4. The van der Waals surface area contributed by atoms with E-state index in [0.29, 0.717) is 5.92 Å². The second-order valence-electron chi connectivity index (χ2n) is 6.63. The van der Waals surface area contributed by atoms with Crippen LogP contribution in [-0.4, -0.2) is 32.8 Å². The number of rotatable bonds is 4. The van der Waals surface area contributed by atoms with E-state index < -0.39 is 0 Å². The molecule has 0 bridgehead atoms. The van der Waals surface area contributed by atoms with E-state index in [-0.39, 0.29) is 10.6 Å². The molecule has 1 unspecified atom stereocenters. The molecule has 7 heteroatoms. The minimum atomic E-state index is -0.378. The summed E-state index contributed by atoms with van der Waals surface area (Å²) in [5, 5.41) is 15.9. The number of pyridine rings is 1. The molecule has 3 aromatic rings. The summed E-state index contributed by atoms with van der Waals surface area (Å²) in [5.41, 5.74) is 2.16. The van der Waals surface area contributed by atoms with Crippen molar-refractivity contribution in [2.75, 3.05) is 18.0 Å². The number of aromatic nitrogens is 3. The maximum absolute atomic E-state index is 10.9. The topological polar surface area (TPSA) is 77.1 Å². The third-order valence-electron chi connectivity index (χ3n) is 4.76. The number of anilines is 1. The fourth-order valence-corrected chi connectivity index (χ4v) is 3.51. The highest BCUT2D eigenvalue weighted by molar-refractivity contribution is 5.82. The first-order chi connectivity index (χ1) is 12.1. The molecular formula is C18H19N5O2. The number of fused-ring (bicyclic) bond motifs is 1. The van der Waals surface area contributed by atoms with Gasteiger partial charge in [-0.1, -0.05) is 0 Å². The van der Waals surface area contributed by atoms with E-state index in [0.717, 1.165) is 42.7 Å². The zero-order valence-electron chi connectivity index (χ0n) is 14.0. The molecular weight excluding hydrogens is 318 g/mol. The molecule has 0 N–H and O–H groups in total. The van der Waals surface area contributed by atoms with E-state index in [9.17, 15) is 10.1 Å². The van der Waals surface area contributed by atoms with Crippen molar-refractivity contribution in [3.8, 4) is 0 Å². The van der Waals surface area contributed by atoms with Crippen LogP contribution in [0.25, 0.3) is 10.9 Å². The summed E-state index contributed by atoms with van der Waals surface area (Å²) in [6.45, 7) is 1.96. The fourth-order valence-electron chi connectivity index (χ4n) is 3.51. The summed E-state index contributed by atoms with van der Waals surface area (Å²) >= 11 is 0. The second kappa shape index (κ2) is 6.16. The van der Waals surface area contributed by atoms with E-state index in [2.05, 4.69) is 16.2 Å². The molecule has 128 valence electrons. The maximum atomic E-state index is 10.9. The molecule has 0 aliphatic carbocycles. The van der Waals surface area contributed by atoms with Crippen LogP contribution in [0.3, 0.4) is 0 Å². The van der Waals surface area contributed by atoms with Crippen LogP contribution < -0.4 is 4.90 Å². The maximum Gasteiger partial charge on any atom is 0.270 e. The molecule has 4 rings (SSSR count). The standard InChI is InChI=1S/C18H19N5O2/c1-21-11-14(10-19-21)8-13-6-7-22(12-13)18-5-2-15-9-16(23(24)25)3-4-17(15)20-18/h2-5,9-11,13H,6-8,12H2,1H3. The number of aryl methyl sites for hydroxylation is 1. The lowest BCUT2D eigenvalue weighted by Gasteiger charge is -2.18. The van der Waals surface area contributed by atoms with E-state index in [1.165, 1.54) is 11.6 Å². The molecule has 25 heavy (non-hydrogen) atoms. The van der Waals surface area contributed by atoms with E-state index >= 15 is 0 Å². The molecule has 7 nitrogen and oxygen atoms in total. The highest BCUT2D eigenvalue weighted by Gasteiger charge is 2.24. The van der Waals surface area contributed by atoms with Gasteiger partial charge in [-0.15, -0.1) is 0 Å². The lowest BCUT2D eigenvalue weighted by molar-refractivity contribution is -0.384. The predicted molar refractivity (Wildman–Crippen MR) is 95.6 cm³/mol. The monoisotopic (exact) mass is 337 g/mol. The van der Waals surface area contributed by atoms with Crippen LogP contribution >= 0.6 is 0 Å². The van der Waals surface area contributed by atoms with E-state index in [1.807, 2.05) is 30.1 Å². The number of hydrogen-bond donors (Lipinski definition) is 0. The Morgan fingerprint density at radius 2 is 2.20 bits per heavy atom. The summed E-state index contributed by atoms with van der Waals surface area (Å²) in [6.07, 6.45) is 6.17. The van der Waals surface area contributed by atoms with Crippen molar-refractivity contribution in [2.45, 2.75) is 12.8 Å². The van der Waals surface area contributed by atoms with Gasteiger partial charge in [0.1, 0.15) is 5.82 Å². The predicted octanol–water partition coefficient (Wildman–Crippen LogP) is 2.95. The molecule has 3 heterocycles. The SMILES string of the molecule is Cn1cc(CC2CCN(c3ccc4cc([N+](=O)[O-])ccc4n3)C2)cn1. The molecule has 1 saturated heterocycles. The number of nitrogens with zero attached hydrogens (tertiary/aromatic N) is 5. The van der Waals surface area contributed by atoms with Crippen LogP contribution in [0.4, 0.5) is 11.5 Å². The molecule has 1 fully saturated rings. The third kappa shape index (κ3) is 3.17. The summed E-state index contributed by atoms with van der Waals surface area (Å²) in [6, 6.07) is 8.67.